The first-order valence-corrected chi connectivity index (χ1v) is 20.9. The quantitative estimate of drug-likeness (QED) is 0.145. The zero-order valence-corrected chi connectivity index (χ0v) is 30.4. The van der Waals surface area contributed by atoms with Crippen LogP contribution in [-0.4, -0.2) is 29.4 Å². The third-order valence-corrected chi connectivity index (χ3v) is 12.4. The van der Waals surface area contributed by atoms with Crippen molar-refractivity contribution < 1.29 is 13.6 Å². The predicted octanol–water partition coefficient (Wildman–Crippen LogP) is 9.58. The number of aryl methyl sites for hydroxylation is 1. The number of hydrogen-bond acceptors (Lipinski definition) is 2. The molecule has 0 amide bonds. The zero-order chi connectivity index (χ0) is 33.2. The molecule has 2 unspecified atom stereocenters. The molecule has 5 heteroatoms. The van der Waals surface area contributed by atoms with Gasteiger partial charge in [-0.05, 0) is 81.0 Å². The summed E-state index contributed by atoms with van der Waals surface area (Å²) >= 11 is 0. The summed E-state index contributed by atoms with van der Waals surface area (Å²) < 4.78 is 11.8. The monoisotopic (exact) mass is 639 g/mol. The Hall–Kier alpha value is -4.09. The van der Waals surface area contributed by atoms with E-state index >= 15 is 0 Å². The fraction of sp³-hybridized carbons (Fsp3) is 0.357. The summed E-state index contributed by atoms with van der Waals surface area (Å²) in [4.78, 5) is 4.60. The molecule has 5 heterocycles. The molecule has 0 bridgehead atoms. The lowest BCUT2D eigenvalue weighted by Gasteiger charge is -2.33. The van der Waals surface area contributed by atoms with Crippen LogP contribution in [0.2, 0.25) is 19.6 Å². The molecule has 3 aromatic heterocycles. The van der Waals surface area contributed by atoms with Gasteiger partial charge in [0.25, 0.3) is 0 Å². The van der Waals surface area contributed by atoms with E-state index in [-0.39, 0.29) is 12.1 Å². The van der Waals surface area contributed by atoms with E-state index in [1.807, 2.05) is 12.3 Å². The third kappa shape index (κ3) is 5.24. The first-order valence-electron chi connectivity index (χ1n) is 17.4. The highest BCUT2D eigenvalue weighted by atomic mass is 28.3. The Kier molecular flexibility index (Phi) is 7.95. The molecule has 0 saturated carbocycles. The molecule has 5 aromatic rings. The molecular weight excluding hydrogens is 591 g/mol. The standard InChI is InChI=1S/C42H49N3OSi/c1-10-14-36-40-29(19-21-33-34-17-13-22-43-42(34)46-41(33)40)18-20-32-30-15-11-12-16-31(30)38-24-35(26(2)3)39(47(7,8)9)25-44(38)37(32)23-28(6)45(36)27(4)5/h10-17,19,21-22,24-27,32,37H,6,18,20,23H2,1-5,7-9H3/q+2/b14-10+,45-36?. The summed E-state index contributed by atoms with van der Waals surface area (Å²) in [6.45, 7) is 23.7. The smallest absolute Gasteiger partial charge is 0.227 e. The number of pyridine rings is 2. The number of hydrogen-bond donors (Lipinski definition) is 0. The van der Waals surface area contributed by atoms with E-state index < -0.39 is 8.07 Å². The van der Waals surface area contributed by atoms with Crippen LogP contribution in [0.25, 0.3) is 33.3 Å². The van der Waals surface area contributed by atoms with Gasteiger partial charge >= 0.3 is 0 Å². The molecule has 47 heavy (non-hydrogen) atoms. The second-order valence-electron chi connectivity index (χ2n) is 15.2. The van der Waals surface area contributed by atoms with Crippen molar-refractivity contribution in [2.45, 2.75) is 97.4 Å². The molecule has 2 aliphatic rings. The Morgan fingerprint density at radius 2 is 1.79 bits per heavy atom. The number of furan rings is 1. The lowest BCUT2D eigenvalue weighted by atomic mass is 9.77. The normalized spacial score (nSPS) is 18.6. The highest BCUT2D eigenvalue weighted by Crippen LogP contribution is 2.45. The average molecular weight is 640 g/mol. The summed E-state index contributed by atoms with van der Waals surface area (Å²) in [5.74, 6) is 0.820. The molecule has 2 aromatic carbocycles. The van der Waals surface area contributed by atoms with Crippen LogP contribution in [0.15, 0.2) is 95.8 Å². The number of rotatable bonds is 4. The summed E-state index contributed by atoms with van der Waals surface area (Å²) in [5.41, 5.74) is 12.1. The minimum absolute atomic E-state index is 0.207. The first kappa shape index (κ1) is 31.5. The molecule has 0 N–H and O–H groups in total. The summed E-state index contributed by atoms with van der Waals surface area (Å²) in [5, 5.41) is 3.75. The SMILES string of the molecule is C=C1CC2C(CCc3ccc4c(oc5ncccc54)c3C(/C=C/C)=[N+]1C(C)C)c1ccccc1-c1cc(C(C)C)c([Si](C)(C)C)c[n+]12. The number of allylic oxidation sites excluding steroid dienone is 3. The Bertz CT molecular complexity index is 2110. The summed E-state index contributed by atoms with van der Waals surface area (Å²) in [6.07, 6.45) is 11.7. The van der Waals surface area contributed by atoms with Crippen molar-refractivity contribution in [3.05, 3.63) is 114 Å². The highest BCUT2D eigenvalue weighted by Gasteiger charge is 2.44. The zero-order valence-electron chi connectivity index (χ0n) is 29.4. The van der Waals surface area contributed by atoms with Crippen LogP contribution < -0.4 is 9.75 Å². The Balaban J connectivity index is 1.51. The van der Waals surface area contributed by atoms with Gasteiger partial charge in [0.1, 0.15) is 0 Å². The lowest BCUT2D eigenvalue weighted by Crippen LogP contribution is -2.54. The molecule has 0 spiro atoms. The Morgan fingerprint density at radius 1 is 1.00 bits per heavy atom. The molecule has 0 radical (unpaired) electrons. The number of nitrogens with zero attached hydrogens (tertiary/aromatic N) is 3. The van der Waals surface area contributed by atoms with Crippen LogP contribution in [0.5, 0.6) is 0 Å². The van der Waals surface area contributed by atoms with Gasteiger partial charge in [0, 0.05) is 45.8 Å². The summed E-state index contributed by atoms with van der Waals surface area (Å²) in [7, 11) is -1.63. The maximum atomic E-state index is 6.62. The van der Waals surface area contributed by atoms with Crippen LogP contribution in [-0.2, 0) is 6.42 Å². The topological polar surface area (TPSA) is 32.9 Å². The maximum absolute atomic E-state index is 6.62. The van der Waals surface area contributed by atoms with E-state index in [0.29, 0.717) is 17.5 Å². The second kappa shape index (κ2) is 11.9. The van der Waals surface area contributed by atoms with Crippen molar-refractivity contribution >= 4 is 41.0 Å². The van der Waals surface area contributed by atoms with Crippen molar-refractivity contribution in [3.8, 4) is 11.3 Å². The van der Waals surface area contributed by atoms with E-state index in [9.17, 15) is 0 Å². The van der Waals surface area contributed by atoms with E-state index in [4.69, 9.17) is 11.0 Å². The van der Waals surface area contributed by atoms with Gasteiger partial charge in [-0.2, -0.15) is 9.14 Å². The van der Waals surface area contributed by atoms with Crippen molar-refractivity contribution in [2.75, 3.05) is 0 Å². The van der Waals surface area contributed by atoms with Gasteiger partial charge in [-0.15, -0.1) is 0 Å². The molecule has 0 fully saturated rings. The Labute approximate surface area is 281 Å². The van der Waals surface area contributed by atoms with Crippen LogP contribution in [0.4, 0.5) is 0 Å². The molecule has 2 aliphatic heterocycles. The molecule has 240 valence electrons. The minimum atomic E-state index is -1.63. The van der Waals surface area contributed by atoms with Crippen molar-refractivity contribution in [1.82, 2.24) is 4.98 Å². The first-order chi connectivity index (χ1) is 22.5. The number of aromatic nitrogens is 2. The van der Waals surface area contributed by atoms with E-state index in [2.05, 4.69) is 135 Å². The molecule has 4 nitrogen and oxygen atoms in total. The van der Waals surface area contributed by atoms with Crippen molar-refractivity contribution in [1.29, 1.82) is 0 Å². The van der Waals surface area contributed by atoms with E-state index in [0.717, 1.165) is 47.0 Å². The number of fused-ring (bicyclic) bond motifs is 11. The minimum Gasteiger partial charge on any atom is -0.437 e. The highest BCUT2D eigenvalue weighted by molar-refractivity contribution is 6.89. The predicted molar refractivity (Wildman–Crippen MR) is 199 cm³/mol. The maximum Gasteiger partial charge on any atom is 0.227 e. The van der Waals surface area contributed by atoms with Gasteiger partial charge in [0.15, 0.2) is 29.6 Å². The average Bonchev–Trinajstić information content (AvgIpc) is 3.41. The second-order valence-corrected chi connectivity index (χ2v) is 20.2. The summed E-state index contributed by atoms with van der Waals surface area (Å²) in [6, 6.07) is 20.9. The molecule has 0 aliphatic carbocycles. The third-order valence-electron chi connectivity index (χ3n) is 10.4. The van der Waals surface area contributed by atoms with E-state index in [1.54, 1.807) is 5.19 Å². The van der Waals surface area contributed by atoms with Crippen LogP contribution in [0.1, 0.15) is 87.6 Å². The van der Waals surface area contributed by atoms with Gasteiger partial charge < -0.3 is 4.42 Å². The number of benzene rings is 2. The van der Waals surface area contributed by atoms with E-state index in [1.165, 1.54) is 33.5 Å². The Morgan fingerprint density at radius 3 is 2.51 bits per heavy atom. The van der Waals surface area contributed by atoms with Gasteiger partial charge in [0.2, 0.25) is 17.1 Å². The fourth-order valence-electron chi connectivity index (χ4n) is 8.33. The fourth-order valence-corrected chi connectivity index (χ4v) is 10.1. The van der Waals surface area contributed by atoms with Crippen LogP contribution in [0, 0.1) is 0 Å². The van der Waals surface area contributed by atoms with Gasteiger partial charge in [-0.1, -0.05) is 69.9 Å². The largest absolute Gasteiger partial charge is 0.437 e. The lowest BCUT2D eigenvalue weighted by molar-refractivity contribution is -0.719. The molecule has 7 rings (SSSR count). The van der Waals surface area contributed by atoms with Crippen molar-refractivity contribution in [3.63, 3.8) is 0 Å². The van der Waals surface area contributed by atoms with Gasteiger partial charge in [0.05, 0.1) is 20.1 Å². The van der Waals surface area contributed by atoms with Crippen LogP contribution in [0.3, 0.4) is 0 Å². The molecule has 0 saturated heterocycles. The van der Waals surface area contributed by atoms with Gasteiger partial charge in [-0.25, -0.2) is 4.98 Å². The van der Waals surface area contributed by atoms with Crippen LogP contribution >= 0.6 is 0 Å². The van der Waals surface area contributed by atoms with Gasteiger partial charge in [-0.3, -0.25) is 0 Å². The molecular formula is C42H49N3OSi+2. The molecule has 2 atom stereocenters. The van der Waals surface area contributed by atoms with Crippen molar-refractivity contribution in [2.24, 2.45) is 0 Å².